The van der Waals surface area contributed by atoms with Crippen molar-refractivity contribution in [3.8, 4) is 0 Å². The summed E-state index contributed by atoms with van der Waals surface area (Å²) in [7, 11) is 0. The number of carbonyl (C=O) groups excluding carboxylic acids is 2. The molecule has 0 bridgehead atoms. The summed E-state index contributed by atoms with van der Waals surface area (Å²) in [5.74, 6) is -4.76. The molecule has 1 amide bonds. The maximum Gasteiger partial charge on any atom is 0.326 e. The van der Waals surface area contributed by atoms with Crippen LogP contribution in [0, 0.1) is 17.6 Å². The second-order valence-corrected chi connectivity index (χ2v) is 6.14. The number of benzene rings is 2. The molecule has 0 saturated carbocycles. The van der Waals surface area contributed by atoms with Gasteiger partial charge in [-0.1, -0.05) is 36.4 Å². The normalized spacial score (nSPS) is 12.6. The molecule has 0 aliphatic heterocycles. The quantitative estimate of drug-likeness (QED) is 0.479. The van der Waals surface area contributed by atoms with E-state index >= 15 is 0 Å². The van der Waals surface area contributed by atoms with Crippen LogP contribution in [0.3, 0.4) is 0 Å². The fraction of sp³-hybridized carbons (Fsp3) is 0.250. The van der Waals surface area contributed by atoms with Gasteiger partial charge in [0.25, 0.3) is 0 Å². The lowest BCUT2D eigenvalue weighted by atomic mass is 9.92. The first-order valence-corrected chi connectivity index (χ1v) is 8.47. The van der Waals surface area contributed by atoms with E-state index in [1.165, 1.54) is 6.07 Å². The third-order valence-corrected chi connectivity index (χ3v) is 4.13. The highest BCUT2D eigenvalue weighted by atomic mass is 19.1. The number of amides is 1. The number of carboxylic acid groups (broad SMARTS) is 1. The van der Waals surface area contributed by atoms with E-state index in [-0.39, 0.29) is 31.4 Å². The lowest BCUT2D eigenvalue weighted by Crippen LogP contribution is -2.39. The van der Waals surface area contributed by atoms with Crippen LogP contribution < -0.4 is 5.32 Å². The van der Waals surface area contributed by atoms with Crippen molar-refractivity contribution in [3.63, 3.8) is 0 Å². The van der Waals surface area contributed by atoms with E-state index in [2.05, 4.69) is 5.32 Å². The number of carbonyl (C=O) groups is 3. The molecule has 2 aromatic rings. The van der Waals surface area contributed by atoms with Gasteiger partial charge >= 0.3 is 11.9 Å². The molecular weight excluding hydrogens is 372 g/mol. The lowest BCUT2D eigenvalue weighted by molar-refractivity contribution is -0.151. The van der Waals surface area contributed by atoms with Gasteiger partial charge in [-0.3, -0.25) is 9.59 Å². The number of hydrogen-bond acceptors (Lipinski definition) is 4. The minimum absolute atomic E-state index is 0.0401. The van der Waals surface area contributed by atoms with Crippen LogP contribution in [0.25, 0.3) is 0 Å². The van der Waals surface area contributed by atoms with Gasteiger partial charge in [0.2, 0.25) is 6.41 Å². The summed E-state index contributed by atoms with van der Waals surface area (Å²) in [6.07, 6.45) is -0.299. The van der Waals surface area contributed by atoms with E-state index in [0.29, 0.717) is 6.07 Å². The second-order valence-electron chi connectivity index (χ2n) is 6.14. The second kappa shape index (κ2) is 10.1. The highest BCUT2D eigenvalue weighted by Crippen LogP contribution is 2.20. The van der Waals surface area contributed by atoms with Crippen molar-refractivity contribution in [1.29, 1.82) is 0 Å². The molecule has 0 aliphatic rings. The first-order chi connectivity index (χ1) is 13.4. The van der Waals surface area contributed by atoms with Gasteiger partial charge in [0.05, 0.1) is 5.92 Å². The van der Waals surface area contributed by atoms with E-state index in [1.54, 1.807) is 30.3 Å². The molecule has 2 atom stereocenters. The predicted octanol–water partition coefficient (Wildman–Crippen LogP) is 2.46. The van der Waals surface area contributed by atoms with Crippen molar-refractivity contribution in [2.75, 3.05) is 0 Å². The average Bonchev–Trinajstić information content (AvgIpc) is 2.67. The van der Waals surface area contributed by atoms with Gasteiger partial charge in [0, 0.05) is 6.07 Å². The Morgan fingerprint density at radius 3 is 2.46 bits per heavy atom. The van der Waals surface area contributed by atoms with Crippen molar-refractivity contribution in [2.24, 2.45) is 5.92 Å². The lowest BCUT2D eigenvalue weighted by Gasteiger charge is -2.20. The maximum atomic E-state index is 14.0. The van der Waals surface area contributed by atoms with Gasteiger partial charge in [-0.05, 0) is 30.0 Å². The maximum absolute atomic E-state index is 14.0. The number of hydrogen-bond donors (Lipinski definition) is 2. The Morgan fingerprint density at radius 2 is 1.86 bits per heavy atom. The van der Waals surface area contributed by atoms with Gasteiger partial charge < -0.3 is 15.2 Å². The Hall–Kier alpha value is -3.29. The molecule has 0 unspecified atom stereocenters. The summed E-state index contributed by atoms with van der Waals surface area (Å²) in [6, 6.07) is 10.4. The minimum atomic E-state index is -1.35. The van der Waals surface area contributed by atoms with Crippen LogP contribution in [0.2, 0.25) is 0 Å². The molecular formula is C20H19F2NO5. The number of esters is 1. The zero-order valence-corrected chi connectivity index (χ0v) is 14.8. The van der Waals surface area contributed by atoms with Gasteiger partial charge in [0.1, 0.15) is 24.3 Å². The third-order valence-electron chi connectivity index (χ3n) is 4.13. The van der Waals surface area contributed by atoms with Crippen molar-refractivity contribution >= 4 is 18.3 Å². The third kappa shape index (κ3) is 6.15. The molecule has 2 aromatic carbocycles. The fourth-order valence-corrected chi connectivity index (χ4v) is 2.67. The molecule has 8 heteroatoms. The van der Waals surface area contributed by atoms with E-state index < -0.39 is 35.5 Å². The van der Waals surface area contributed by atoms with Crippen molar-refractivity contribution in [3.05, 3.63) is 71.3 Å². The molecule has 2 rings (SSSR count). The summed E-state index contributed by atoms with van der Waals surface area (Å²) in [5, 5.41) is 11.3. The van der Waals surface area contributed by atoms with Crippen molar-refractivity contribution in [2.45, 2.75) is 25.5 Å². The van der Waals surface area contributed by atoms with Gasteiger partial charge in [-0.25, -0.2) is 13.6 Å². The van der Waals surface area contributed by atoms with Crippen LogP contribution in [0.5, 0.6) is 0 Å². The van der Waals surface area contributed by atoms with E-state index in [9.17, 15) is 28.3 Å². The summed E-state index contributed by atoms with van der Waals surface area (Å²) < 4.78 is 32.3. The number of nitrogens with one attached hydrogen (secondary N) is 1. The molecule has 0 aliphatic carbocycles. The number of ether oxygens (including phenoxy) is 1. The van der Waals surface area contributed by atoms with E-state index in [0.717, 1.165) is 11.6 Å². The molecule has 0 heterocycles. The minimum Gasteiger partial charge on any atom is -0.480 e. The molecule has 0 aromatic heterocycles. The van der Waals surface area contributed by atoms with Crippen molar-refractivity contribution in [1.82, 2.24) is 5.32 Å². The van der Waals surface area contributed by atoms with Crippen LogP contribution >= 0.6 is 0 Å². The van der Waals surface area contributed by atoms with Crippen LogP contribution in [-0.4, -0.2) is 29.5 Å². The topological polar surface area (TPSA) is 92.7 Å². The molecule has 0 fully saturated rings. The summed E-state index contributed by atoms with van der Waals surface area (Å²) in [4.78, 5) is 34.5. The Bertz CT molecular complexity index is 829. The monoisotopic (exact) mass is 391 g/mol. The Balaban J connectivity index is 2.17. The average molecular weight is 391 g/mol. The largest absolute Gasteiger partial charge is 0.480 e. The van der Waals surface area contributed by atoms with Crippen LogP contribution in [0.15, 0.2) is 48.5 Å². The van der Waals surface area contributed by atoms with Crippen LogP contribution in [0.4, 0.5) is 8.78 Å². The zero-order valence-electron chi connectivity index (χ0n) is 14.8. The van der Waals surface area contributed by atoms with Crippen LogP contribution in [-0.2, 0) is 32.1 Å². The Kier molecular flexibility index (Phi) is 7.62. The summed E-state index contributed by atoms with van der Waals surface area (Å²) in [6.45, 7) is -0.0408. The molecule has 148 valence electrons. The molecule has 0 saturated heterocycles. The number of halogens is 2. The van der Waals surface area contributed by atoms with Crippen LogP contribution in [0.1, 0.15) is 17.5 Å². The highest BCUT2D eigenvalue weighted by Gasteiger charge is 2.29. The smallest absolute Gasteiger partial charge is 0.326 e. The van der Waals surface area contributed by atoms with Crippen molar-refractivity contribution < 1.29 is 33.0 Å². The standard InChI is InChI=1S/C20H19F2NO5/c21-16-7-6-14(17(22)10-16)8-15(9-18(19(25)26)23-12-24)20(27)28-11-13-4-2-1-3-5-13/h1-7,10,12,15,18H,8-9,11H2,(H,23,24)(H,25,26)/t15-,18-/m0/s1. The molecule has 28 heavy (non-hydrogen) atoms. The Labute approximate surface area is 160 Å². The number of aliphatic carboxylic acids is 1. The summed E-state index contributed by atoms with van der Waals surface area (Å²) in [5.41, 5.74) is 0.765. The number of rotatable bonds is 10. The zero-order chi connectivity index (χ0) is 20.5. The summed E-state index contributed by atoms with van der Waals surface area (Å²) >= 11 is 0. The number of carboxylic acids is 1. The van der Waals surface area contributed by atoms with E-state index in [1.807, 2.05) is 0 Å². The molecule has 2 N–H and O–H groups in total. The van der Waals surface area contributed by atoms with E-state index in [4.69, 9.17) is 4.74 Å². The van der Waals surface area contributed by atoms with Gasteiger partial charge in [-0.2, -0.15) is 0 Å². The molecule has 6 nitrogen and oxygen atoms in total. The first-order valence-electron chi connectivity index (χ1n) is 8.47. The predicted molar refractivity (Wildman–Crippen MR) is 95.0 cm³/mol. The Morgan fingerprint density at radius 1 is 1.14 bits per heavy atom. The highest BCUT2D eigenvalue weighted by molar-refractivity contribution is 5.78. The molecule has 0 radical (unpaired) electrons. The van der Waals surface area contributed by atoms with Gasteiger partial charge in [0.15, 0.2) is 0 Å². The van der Waals surface area contributed by atoms with Gasteiger partial charge in [-0.15, -0.1) is 0 Å². The molecule has 0 spiro atoms. The SMILES string of the molecule is O=CN[C@@H](C[C@H](Cc1ccc(F)cc1F)C(=O)OCc1ccccc1)C(=O)O. The first kappa shape index (κ1) is 21.0. The fourth-order valence-electron chi connectivity index (χ4n) is 2.67.